The molecule has 6 nitrogen and oxygen atoms in total. The smallest absolute Gasteiger partial charge is 0.264 e. The third-order valence-corrected chi connectivity index (χ3v) is 7.74. The number of benzene rings is 2. The third-order valence-electron chi connectivity index (χ3n) is 5.00. The predicted molar refractivity (Wildman–Crippen MR) is 124 cm³/mol. The van der Waals surface area contributed by atoms with E-state index in [1.807, 2.05) is 31.4 Å². The second kappa shape index (κ2) is 9.53. The fourth-order valence-electron chi connectivity index (χ4n) is 3.21. The van der Waals surface area contributed by atoms with Gasteiger partial charge in [0.05, 0.1) is 23.7 Å². The fraction of sp³-hybridized carbons (Fsp3) is 0.261. The first-order valence-corrected chi connectivity index (χ1v) is 12.1. The number of ether oxygens (including phenoxy) is 1. The Morgan fingerprint density at radius 2 is 1.71 bits per heavy atom. The molecule has 1 aromatic heterocycles. The highest BCUT2D eigenvalue weighted by Gasteiger charge is 2.25. The third kappa shape index (κ3) is 4.91. The maximum Gasteiger partial charge on any atom is 0.264 e. The van der Waals surface area contributed by atoms with Gasteiger partial charge in [-0.05, 0) is 53.8 Å². The van der Waals surface area contributed by atoms with Gasteiger partial charge in [-0.3, -0.25) is 9.10 Å². The maximum atomic E-state index is 13.1. The molecule has 8 heteroatoms. The Morgan fingerprint density at radius 3 is 2.29 bits per heavy atom. The molecule has 1 amide bonds. The Labute approximate surface area is 187 Å². The van der Waals surface area contributed by atoms with E-state index in [9.17, 15) is 13.2 Å². The molecule has 0 unspecified atom stereocenters. The lowest BCUT2D eigenvalue weighted by atomic mass is 10.0. The van der Waals surface area contributed by atoms with Crippen LogP contribution in [0.2, 0.25) is 0 Å². The minimum Gasteiger partial charge on any atom is -0.495 e. The van der Waals surface area contributed by atoms with E-state index in [-0.39, 0.29) is 22.8 Å². The standard InChI is InChI=1S/C23H26N2O4S2/c1-16(2)22(21-10-7-15-30-21)24-23(26)17-11-13-18(14-12-17)31(27,28)25(3)19-8-5-6-9-20(19)29-4/h5-16,22H,1-4H3,(H,24,26)/t22-/m1/s1. The molecular weight excluding hydrogens is 432 g/mol. The molecule has 0 bridgehead atoms. The van der Waals surface area contributed by atoms with Crippen molar-refractivity contribution in [3.63, 3.8) is 0 Å². The van der Waals surface area contributed by atoms with E-state index in [1.165, 1.54) is 42.7 Å². The average molecular weight is 459 g/mol. The van der Waals surface area contributed by atoms with Crippen molar-refractivity contribution in [1.29, 1.82) is 0 Å². The molecule has 3 aromatic rings. The minimum atomic E-state index is -3.82. The van der Waals surface area contributed by atoms with Crippen molar-refractivity contribution in [2.45, 2.75) is 24.8 Å². The van der Waals surface area contributed by atoms with Crippen molar-refractivity contribution in [2.75, 3.05) is 18.5 Å². The molecule has 0 fully saturated rings. The number of anilines is 1. The van der Waals surface area contributed by atoms with Crippen LogP contribution in [0.25, 0.3) is 0 Å². The number of methoxy groups -OCH3 is 1. The van der Waals surface area contributed by atoms with Gasteiger partial charge in [0.15, 0.2) is 0 Å². The number of sulfonamides is 1. The van der Waals surface area contributed by atoms with Crippen LogP contribution < -0.4 is 14.4 Å². The first kappa shape index (κ1) is 22.8. The van der Waals surface area contributed by atoms with Crippen LogP contribution in [0, 0.1) is 5.92 Å². The molecule has 0 saturated heterocycles. The van der Waals surface area contributed by atoms with E-state index in [1.54, 1.807) is 35.6 Å². The zero-order chi connectivity index (χ0) is 22.6. The van der Waals surface area contributed by atoms with E-state index >= 15 is 0 Å². The summed E-state index contributed by atoms with van der Waals surface area (Å²) in [5.74, 6) is 0.434. The van der Waals surface area contributed by atoms with Crippen molar-refractivity contribution < 1.29 is 17.9 Å². The summed E-state index contributed by atoms with van der Waals surface area (Å²) < 4.78 is 32.6. The Bertz CT molecular complexity index is 1120. The molecule has 1 atom stereocenters. The van der Waals surface area contributed by atoms with Crippen LogP contribution in [0.3, 0.4) is 0 Å². The number of nitrogens with zero attached hydrogens (tertiary/aromatic N) is 1. The SMILES string of the molecule is COc1ccccc1N(C)S(=O)(=O)c1ccc(C(=O)N[C@@H](c2cccs2)C(C)C)cc1. The number of rotatable bonds is 8. The highest BCUT2D eigenvalue weighted by molar-refractivity contribution is 7.92. The highest BCUT2D eigenvalue weighted by atomic mass is 32.2. The lowest BCUT2D eigenvalue weighted by Gasteiger charge is -2.22. The van der Waals surface area contributed by atoms with Gasteiger partial charge in [0, 0.05) is 17.5 Å². The van der Waals surface area contributed by atoms with Crippen LogP contribution >= 0.6 is 11.3 Å². The summed E-state index contributed by atoms with van der Waals surface area (Å²) in [5.41, 5.74) is 0.837. The van der Waals surface area contributed by atoms with Gasteiger partial charge in [-0.1, -0.05) is 32.0 Å². The van der Waals surface area contributed by atoms with E-state index in [0.29, 0.717) is 17.0 Å². The van der Waals surface area contributed by atoms with Gasteiger partial charge >= 0.3 is 0 Å². The first-order chi connectivity index (χ1) is 14.8. The second-order valence-electron chi connectivity index (χ2n) is 7.38. The number of thiophene rings is 1. The van der Waals surface area contributed by atoms with Crippen LogP contribution in [0.4, 0.5) is 5.69 Å². The first-order valence-electron chi connectivity index (χ1n) is 9.82. The van der Waals surface area contributed by atoms with Crippen molar-refractivity contribution >= 4 is 33.0 Å². The molecule has 31 heavy (non-hydrogen) atoms. The summed E-state index contributed by atoms with van der Waals surface area (Å²) in [6, 6.07) is 16.7. The summed E-state index contributed by atoms with van der Waals surface area (Å²) in [6.45, 7) is 4.10. The van der Waals surface area contributed by atoms with E-state index < -0.39 is 10.0 Å². The summed E-state index contributed by atoms with van der Waals surface area (Å²) >= 11 is 1.60. The molecule has 0 aliphatic heterocycles. The molecule has 0 radical (unpaired) electrons. The molecule has 1 N–H and O–H groups in total. The molecule has 0 aliphatic rings. The lowest BCUT2D eigenvalue weighted by molar-refractivity contribution is 0.0926. The normalized spacial score (nSPS) is 12.4. The van der Waals surface area contributed by atoms with Crippen LogP contribution in [-0.4, -0.2) is 28.5 Å². The van der Waals surface area contributed by atoms with Gasteiger partial charge in [-0.25, -0.2) is 8.42 Å². The minimum absolute atomic E-state index is 0.0936. The Morgan fingerprint density at radius 1 is 1.03 bits per heavy atom. The summed E-state index contributed by atoms with van der Waals surface area (Å²) in [7, 11) is -0.848. The van der Waals surface area contributed by atoms with E-state index in [4.69, 9.17) is 4.74 Å². The fourth-order valence-corrected chi connectivity index (χ4v) is 5.37. The molecule has 164 valence electrons. The van der Waals surface area contributed by atoms with Crippen LogP contribution in [-0.2, 0) is 10.0 Å². The monoisotopic (exact) mass is 458 g/mol. The number of hydrogen-bond acceptors (Lipinski definition) is 5. The summed E-state index contributed by atoms with van der Waals surface area (Å²) in [6.07, 6.45) is 0. The van der Waals surface area contributed by atoms with Crippen molar-refractivity contribution in [3.8, 4) is 5.75 Å². The molecule has 3 rings (SSSR count). The Balaban J connectivity index is 1.81. The Hall–Kier alpha value is -2.84. The number of amides is 1. The van der Waals surface area contributed by atoms with Gasteiger partial charge in [-0.15, -0.1) is 11.3 Å². The van der Waals surface area contributed by atoms with E-state index in [2.05, 4.69) is 5.32 Å². The molecule has 1 heterocycles. The van der Waals surface area contributed by atoms with Crippen molar-refractivity contribution in [1.82, 2.24) is 5.32 Å². The van der Waals surface area contributed by atoms with Gasteiger partial charge in [0.2, 0.25) is 0 Å². The number of nitrogens with one attached hydrogen (secondary N) is 1. The average Bonchev–Trinajstić information content (AvgIpc) is 3.31. The Kier molecular flexibility index (Phi) is 7.02. The maximum absolute atomic E-state index is 13.1. The molecule has 0 saturated carbocycles. The molecule has 2 aromatic carbocycles. The van der Waals surface area contributed by atoms with Crippen molar-refractivity contribution in [2.24, 2.45) is 5.92 Å². The quantitative estimate of drug-likeness (QED) is 0.530. The topological polar surface area (TPSA) is 75.7 Å². The zero-order valence-corrected chi connectivity index (χ0v) is 19.5. The van der Waals surface area contributed by atoms with Gasteiger partial charge in [0.1, 0.15) is 5.75 Å². The van der Waals surface area contributed by atoms with Gasteiger partial charge in [0.25, 0.3) is 15.9 Å². The molecular formula is C23H26N2O4S2. The molecule has 0 spiro atoms. The zero-order valence-electron chi connectivity index (χ0n) is 17.9. The predicted octanol–water partition coefficient (Wildman–Crippen LogP) is 4.71. The lowest BCUT2D eigenvalue weighted by Crippen LogP contribution is -2.31. The van der Waals surface area contributed by atoms with Crippen LogP contribution in [0.5, 0.6) is 5.75 Å². The van der Waals surface area contributed by atoms with Gasteiger partial charge in [-0.2, -0.15) is 0 Å². The summed E-state index contributed by atoms with van der Waals surface area (Å²) in [5, 5.41) is 5.03. The van der Waals surface area contributed by atoms with Gasteiger partial charge < -0.3 is 10.1 Å². The summed E-state index contributed by atoms with van der Waals surface area (Å²) in [4.78, 5) is 13.9. The number of para-hydroxylation sites is 2. The van der Waals surface area contributed by atoms with E-state index in [0.717, 1.165) is 4.88 Å². The molecule has 0 aliphatic carbocycles. The second-order valence-corrected chi connectivity index (χ2v) is 10.3. The number of carbonyl (C=O) groups excluding carboxylic acids is 1. The number of carbonyl (C=O) groups is 1. The highest BCUT2D eigenvalue weighted by Crippen LogP contribution is 2.31. The van der Waals surface area contributed by atoms with Crippen molar-refractivity contribution in [3.05, 3.63) is 76.5 Å². The van der Waals surface area contributed by atoms with Crippen LogP contribution in [0.1, 0.15) is 35.1 Å². The largest absolute Gasteiger partial charge is 0.495 e. The van der Waals surface area contributed by atoms with Crippen LogP contribution in [0.15, 0.2) is 70.9 Å². The number of hydrogen-bond donors (Lipinski definition) is 1.